The summed E-state index contributed by atoms with van der Waals surface area (Å²) >= 11 is 0. The number of ether oxygens (including phenoxy) is 1. The van der Waals surface area contributed by atoms with Gasteiger partial charge in [-0.2, -0.15) is 0 Å². The number of guanidine groups is 2. The average Bonchev–Trinajstić information content (AvgIpc) is 3.15. The molecule has 0 aliphatic rings. The van der Waals surface area contributed by atoms with E-state index in [1.54, 1.807) is 0 Å². The molecule has 0 radical (unpaired) electrons. The van der Waals surface area contributed by atoms with Gasteiger partial charge in [0.25, 0.3) is 0 Å². The molecule has 0 aliphatic carbocycles. The molecule has 0 aliphatic heterocycles. The minimum Gasteiger partial charge on any atom is -0.374 e. The maximum Gasteiger partial charge on any atom is 0.245 e. The predicted octanol–water partition coefficient (Wildman–Crippen LogP) is -1.45. The zero-order valence-electron chi connectivity index (χ0n) is 35.1. The fourth-order valence-corrected chi connectivity index (χ4v) is 5.67. The van der Waals surface area contributed by atoms with Crippen molar-refractivity contribution in [3.8, 4) is 0 Å². The number of aldehydes is 1. The van der Waals surface area contributed by atoms with Crippen molar-refractivity contribution in [2.45, 2.75) is 123 Å². The van der Waals surface area contributed by atoms with Crippen LogP contribution < -0.4 is 54.8 Å². The Morgan fingerprint density at radius 1 is 0.627 bits per heavy atom. The third-order valence-corrected chi connectivity index (χ3v) is 8.56. The van der Waals surface area contributed by atoms with Crippen LogP contribution in [0.25, 0.3) is 0 Å². The van der Waals surface area contributed by atoms with Crippen molar-refractivity contribution in [1.82, 2.24) is 31.9 Å². The molecule has 20 nitrogen and oxygen atoms in total. The Labute approximate surface area is 346 Å². The Hall–Kier alpha value is -5.79. The number of aliphatic imine (C=N–C) groups is 2. The largest absolute Gasteiger partial charge is 0.374 e. The summed E-state index contributed by atoms with van der Waals surface area (Å²) in [6.07, 6.45) is 2.13. The molecule has 330 valence electrons. The fraction of sp³-hybridized carbons (Fsp3) is 0.615. The van der Waals surface area contributed by atoms with Crippen LogP contribution in [0.5, 0.6) is 0 Å². The van der Waals surface area contributed by atoms with Gasteiger partial charge in [-0.1, -0.05) is 58.0 Å². The van der Waals surface area contributed by atoms with E-state index in [4.69, 9.17) is 27.7 Å². The first-order valence-electron chi connectivity index (χ1n) is 19.8. The standard InChI is InChI=1S/C39H66N12O8/c1-23(2)18-30(35(56)46-25(5)33(54)48-28(20-52)14-10-16-44-38(40)41)50-37(58)32(22-59-21-27-12-8-7-9-13-27)51-36(57)31(19-24(3)4)49-34(55)29(47-26(6)53)15-11-17-45-39(42)43/h7-9,12-13,20,23-25,28-32H,10-11,14-19,21-22H2,1-6H3,(H,46,56)(H,47,53)(H,48,54)(H,49,55)(H,50,58)(H,51,57)(H4,40,41,44)(H4,42,43,45)/t25-,28-,29-,30-,31-,32-/m0/s1. The van der Waals surface area contributed by atoms with E-state index < -0.39 is 71.7 Å². The van der Waals surface area contributed by atoms with E-state index in [-0.39, 0.29) is 75.7 Å². The lowest BCUT2D eigenvalue weighted by Crippen LogP contribution is -2.60. The monoisotopic (exact) mass is 831 g/mol. The highest BCUT2D eigenvalue weighted by Gasteiger charge is 2.33. The van der Waals surface area contributed by atoms with Crippen molar-refractivity contribution in [1.29, 1.82) is 0 Å². The fourth-order valence-electron chi connectivity index (χ4n) is 5.67. The average molecular weight is 831 g/mol. The number of nitrogens with two attached hydrogens (primary N) is 4. The van der Waals surface area contributed by atoms with E-state index in [1.165, 1.54) is 13.8 Å². The molecule has 59 heavy (non-hydrogen) atoms. The zero-order valence-corrected chi connectivity index (χ0v) is 35.1. The molecule has 0 bridgehead atoms. The Bertz CT molecular complexity index is 1570. The molecule has 0 heterocycles. The van der Waals surface area contributed by atoms with Crippen LogP contribution in [0.1, 0.15) is 85.6 Å². The topological polar surface area (TPSA) is 330 Å². The normalized spacial score (nSPS) is 14.0. The molecule has 1 rings (SSSR count). The lowest BCUT2D eigenvalue weighted by Gasteiger charge is -2.28. The number of rotatable bonds is 28. The van der Waals surface area contributed by atoms with Crippen LogP contribution in [0.4, 0.5) is 0 Å². The van der Waals surface area contributed by atoms with Gasteiger partial charge >= 0.3 is 0 Å². The first-order valence-corrected chi connectivity index (χ1v) is 19.8. The number of nitrogens with one attached hydrogen (secondary N) is 6. The first kappa shape index (κ1) is 51.2. The first-order chi connectivity index (χ1) is 27.8. The van der Waals surface area contributed by atoms with Crippen molar-refractivity contribution in [3.05, 3.63) is 35.9 Å². The van der Waals surface area contributed by atoms with Gasteiger partial charge in [0.05, 0.1) is 19.3 Å². The van der Waals surface area contributed by atoms with Gasteiger partial charge in [-0.05, 0) is 62.8 Å². The van der Waals surface area contributed by atoms with E-state index in [1.807, 2.05) is 58.0 Å². The maximum absolute atomic E-state index is 14.0. The molecule has 0 saturated heterocycles. The zero-order chi connectivity index (χ0) is 44.5. The Morgan fingerprint density at radius 3 is 1.59 bits per heavy atom. The third-order valence-electron chi connectivity index (χ3n) is 8.56. The SMILES string of the molecule is CC(=O)N[C@@H](CCCN=C(N)N)C(=O)N[C@@H](CC(C)C)C(=O)N[C@@H](COCc1ccccc1)C(=O)N[C@@H](CC(C)C)C(=O)N[C@@H](C)C(=O)N[C@H](C=O)CCCN=C(N)N. The number of carbonyl (C=O) groups excluding carboxylic acids is 7. The second-order valence-corrected chi connectivity index (χ2v) is 15.1. The lowest BCUT2D eigenvalue weighted by molar-refractivity contribution is -0.136. The van der Waals surface area contributed by atoms with E-state index in [9.17, 15) is 33.6 Å². The summed E-state index contributed by atoms with van der Waals surface area (Å²) in [4.78, 5) is 99.3. The summed E-state index contributed by atoms with van der Waals surface area (Å²) in [5.74, 6) is -4.21. The Morgan fingerprint density at radius 2 is 1.10 bits per heavy atom. The minimum absolute atomic E-state index is 0.0847. The number of benzene rings is 1. The molecule has 6 atom stereocenters. The van der Waals surface area contributed by atoms with Crippen LogP contribution in [-0.2, 0) is 44.9 Å². The molecule has 1 aromatic carbocycles. The highest BCUT2D eigenvalue weighted by atomic mass is 16.5. The van der Waals surface area contributed by atoms with Crippen LogP contribution in [0.2, 0.25) is 0 Å². The number of hydrogen-bond acceptors (Lipinski definition) is 10. The molecule has 0 aromatic heterocycles. The molecule has 0 spiro atoms. The van der Waals surface area contributed by atoms with Crippen LogP contribution in [0.3, 0.4) is 0 Å². The molecular formula is C39H66N12O8. The number of nitrogens with zero attached hydrogens (tertiary/aromatic N) is 2. The van der Waals surface area contributed by atoms with Crippen molar-refractivity contribution < 1.29 is 38.3 Å². The molecule has 0 fully saturated rings. The Kier molecular flexibility index (Phi) is 24.1. The summed E-state index contributed by atoms with van der Waals surface area (Å²) in [6, 6.07) is 2.60. The molecule has 1 aromatic rings. The Balaban J connectivity index is 3.25. The van der Waals surface area contributed by atoms with Crippen LogP contribution >= 0.6 is 0 Å². The second kappa shape index (κ2) is 27.8. The second-order valence-electron chi connectivity index (χ2n) is 15.1. The number of hydrogen-bond donors (Lipinski definition) is 10. The minimum atomic E-state index is -1.33. The third kappa shape index (κ3) is 22.7. The van der Waals surface area contributed by atoms with Gasteiger partial charge < -0.3 is 64.4 Å². The quantitative estimate of drug-likeness (QED) is 0.0201. The van der Waals surface area contributed by atoms with Crippen molar-refractivity contribution in [3.63, 3.8) is 0 Å². The van der Waals surface area contributed by atoms with Crippen molar-refractivity contribution in [2.75, 3.05) is 19.7 Å². The van der Waals surface area contributed by atoms with E-state index in [2.05, 4.69) is 41.9 Å². The molecular weight excluding hydrogens is 765 g/mol. The smallest absolute Gasteiger partial charge is 0.245 e. The van der Waals surface area contributed by atoms with Gasteiger partial charge in [-0.3, -0.25) is 38.8 Å². The van der Waals surface area contributed by atoms with Gasteiger partial charge in [0.1, 0.15) is 36.5 Å². The summed E-state index contributed by atoms with van der Waals surface area (Å²) in [7, 11) is 0. The summed E-state index contributed by atoms with van der Waals surface area (Å²) in [6.45, 7) is 10.4. The lowest BCUT2D eigenvalue weighted by atomic mass is 10.0. The molecule has 6 amide bonds. The highest BCUT2D eigenvalue weighted by molar-refractivity contribution is 5.96. The van der Waals surface area contributed by atoms with Gasteiger partial charge in [-0.25, -0.2) is 0 Å². The van der Waals surface area contributed by atoms with Crippen LogP contribution in [0.15, 0.2) is 40.3 Å². The van der Waals surface area contributed by atoms with Gasteiger partial charge in [0, 0.05) is 20.0 Å². The summed E-state index contributed by atoms with van der Waals surface area (Å²) in [5.41, 5.74) is 22.2. The maximum atomic E-state index is 14.0. The number of carbonyl (C=O) groups is 7. The van der Waals surface area contributed by atoms with Gasteiger partial charge in [0.15, 0.2) is 11.9 Å². The van der Waals surface area contributed by atoms with Crippen molar-refractivity contribution in [2.24, 2.45) is 44.8 Å². The van der Waals surface area contributed by atoms with E-state index >= 15 is 0 Å². The molecule has 14 N–H and O–H groups in total. The molecule has 0 unspecified atom stereocenters. The van der Waals surface area contributed by atoms with Crippen LogP contribution in [0, 0.1) is 11.8 Å². The van der Waals surface area contributed by atoms with Gasteiger partial charge in [0.2, 0.25) is 35.4 Å². The molecule has 20 heteroatoms. The molecule has 0 saturated carbocycles. The number of amides is 6. The van der Waals surface area contributed by atoms with E-state index in [0.717, 1.165) is 5.56 Å². The summed E-state index contributed by atoms with van der Waals surface area (Å²) in [5, 5.41) is 15.9. The highest BCUT2D eigenvalue weighted by Crippen LogP contribution is 2.10. The predicted molar refractivity (Wildman–Crippen MR) is 224 cm³/mol. The van der Waals surface area contributed by atoms with Gasteiger partial charge in [-0.15, -0.1) is 0 Å². The summed E-state index contributed by atoms with van der Waals surface area (Å²) < 4.78 is 5.87. The van der Waals surface area contributed by atoms with Crippen molar-refractivity contribution >= 4 is 53.6 Å². The van der Waals surface area contributed by atoms with E-state index in [0.29, 0.717) is 19.1 Å². The van der Waals surface area contributed by atoms with Crippen LogP contribution in [-0.4, -0.2) is 110 Å².